The Kier molecular flexibility index (Phi) is 3.19. The quantitative estimate of drug-likeness (QED) is 0.448. The second-order valence-electron chi connectivity index (χ2n) is 4.45. The Hall–Kier alpha value is -1.91. The highest BCUT2D eigenvalue weighted by Crippen LogP contribution is 2.34. The lowest BCUT2D eigenvalue weighted by Crippen LogP contribution is -2.19. The highest BCUT2D eigenvalue weighted by atomic mass is 32.1. The molecule has 0 bridgehead atoms. The van der Waals surface area contributed by atoms with Gasteiger partial charge in [-0.1, -0.05) is 30.3 Å². The average molecular weight is 271 g/mol. The molecule has 0 saturated heterocycles. The summed E-state index contributed by atoms with van der Waals surface area (Å²) in [6, 6.07) is 14.7. The van der Waals surface area contributed by atoms with Gasteiger partial charge in [0.2, 0.25) is 6.41 Å². The van der Waals surface area contributed by atoms with Gasteiger partial charge in [0.1, 0.15) is 0 Å². The summed E-state index contributed by atoms with van der Waals surface area (Å²) in [7, 11) is 0. The fraction of sp³-hybridized carbons (Fsp3) is 0.133. The minimum atomic E-state index is 0.319. The number of hydrogen-bond donors (Lipinski definition) is 1. The van der Waals surface area contributed by atoms with Gasteiger partial charge in [-0.3, -0.25) is 10.0 Å². The molecule has 3 rings (SSSR count). The molecule has 0 spiro atoms. The first-order valence-corrected chi connectivity index (χ1v) is 6.90. The predicted molar refractivity (Wildman–Crippen MR) is 77.6 cm³/mol. The molecule has 3 aromatic rings. The van der Waals surface area contributed by atoms with Gasteiger partial charge < -0.3 is 0 Å². The van der Waals surface area contributed by atoms with Crippen molar-refractivity contribution in [1.29, 1.82) is 0 Å². The van der Waals surface area contributed by atoms with Crippen molar-refractivity contribution in [1.82, 2.24) is 5.06 Å². The lowest BCUT2D eigenvalue weighted by Gasteiger charge is -2.07. The molecule has 0 aliphatic heterocycles. The molecular formula is C15H13NO2S. The van der Waals surface area contributed by atoms with Gasteiger partial charge in [-0.05, 0) is 24.1 Å². The fourth-order valence-corrected chi connectivity index (χ4v) is 3.39. The molecule has 0 aliphatic rings. The van der Waals surface area contributed by atoms with Gasteiger partial charge >= 0.3 is 0 Å². The van der Waals surface area contributed by atoms with Crippen LogP contribution in [0.2, 0.25) is 0 Å². The van der Waals surface area contributed by atoms with Crippen molar-refractivity contribution in [2.24, 2.45) is 0 Å². The van der Waals surface area contributed by atoms with Crippen LogP contribution in [0.15, 0.2) is 42.5 Å². The van der Waals surface area contributed by atoms with Crippen LogP contribution in [0.3, 0.4) is 0 Å². The first-order valence-electron chi connectivity index (χ1n) is 6.09. The van der Waals surface area contributed by atoms with Crippen molar-refractivity contribution in [3.05, 3.63) is 48.0 Å². The minimum Gasteiger partial charge on any atom is -0.286 e. The number of benzene rings is 2. The Balaban J connectivity index is 1.97. The Morgan fingerprint density at radius 3 is 2.74 bits per heavy atom. The summed E-state index contributed by atoms with van der Waals surface area (Å²) in [6.45, 7) is 0.319. The number of carbonyl (C=O) groups is 1. The second kappa shape index (κ2) is 4.99. The van der Waals surface area contributed by atoms with Gasteiger partial charge in [0.15, 0.2) is 0 Å². The van der Waals surface area contributed by atoms with Crippen LogP contribution in [0.4, 0.5) is 0 Å². The number of rotatable bonds is 4. The third kappa shape index (κ3) is 2.32. The van der Waals surface area contributed by atoms with Crippen molar-refractivity contribution in [3.63, 3.8) is 0 Å². The number of fused-ring (bicyclic) bond motifs is 3. The van der Waals surface area contributed by atoms with Crippen LogP contribution in [0.25, 0.3) is 20.2 Å². The van der Waals surface area contributed by atoms with Crippen LogP contribution in [-0.2, 0) is 11.2 Å². The molecule has 0 fully saturated rings. The maximum absolute atomic E-state index is 10.3. The number of carbonyl (C=O) groups excluding carboxylic acids is 1. The molecule has 1 amide bonds. The van der Waals surface area contributed by atoms with E-state index in [1.54, 1.807) is 11.3 Å². The van der Waals surface area contributed by atoms with Crippen LogP contribution >= 0.6 is 11.3 Å². The van der Waals surface area contributed by atoms with E-state index in [-0.39, 0.29) is 0 Å². The Morgan fingerprint density at radius 1 is 1.11 bits per heavy atom. The fourth-order valence-electron chi connectivity index (χ4n) is 2.22. The van der Waals surface area contributed by atoms with E-state index in [1.807, 2.05) is 6.07 Å². The van der Waals surface area contributed by atoms with E-state index in [4.69, 9.17) is 5.21 Å². The number of thiophene rings is 1. The molecule has 4 heteroatoms. The summed E-state index contributed by atoms with van der Waals surface area (Å²) in [5, 5.41) is 12.3. The molecule has 0 unspecified atom stereocenters. The van der Waals surface area contributed by atoms with Gasteiger partial charge in [0.05, 0.1) is 6.54 Å². The van der Waals surface area contributed by atoms with Crippen LogP contribution in [0.5, 0.6) is 0 Å². The number of hydroxylamine groups is 2. The van der Waals surface area contributed by atoms with E-state index < -0.39 is 0 Å². The van der Waals surface area contributed by atoms with Crippen LogP contribution in [-0.4, -0.2) is 23.2 Å². The normalized spacial score (nSPS) is 11.0. The van der Waals surface area contributed by atoms with E-state index in [0.29, 0.717) is 24.4 Å². The van der Waals surface area contributed by atoms with Crippen molar-refractivity contribution in [2.75, 3.05) is 6.54 Å². The van der Waals surface area contributed by atoms with Gasteiger partial charge in [0, 0.05) is 20.2 Å². The first kappa shape index (κ1) is 12.1. The first-order chi connectivity index (χ1) is 9.28. The molecule has 0 atom stereocenters. The molecule has 1 heterocycles. The molecule has 1 aromatic heterocycles. The van der Waals surface area contributed by atoms with Crippen molar-refractivity contribution in [2.45, 2.75) is 6.42 Å². The van der Waals surface area contributed by atoms with E-state index in [2.05, 4.69) is 36.4 Å². The Morgan fingerprint density at radius 2 is 1.89 bits per heavy atom. The largest absolute Gasteiger partial charge is 0.286 e. The SMILES string of the molecule is O=CN(O)CCc1ccc2c(c1)sc1ccccc12. The molecule has 2 aromatic carbocycles. The molecular weight excluding hydrogens is 258 g/mol. The molecule has 0 aliphatic carbocycles. The zero-order valence-electron chi connectivity index (χ0n) is 10.2. The summed E-state index contributed by atoms with van der Waals surface area (Å²) >= 11 is 1.77. The zero-order chi connectivity index (χ0) is 13.2. The van der Waals surface area contributed by atoms with Crippen molar-refractivity contribution in [3.8, 4) is 0 Å². The van der Waals surface area contributed by atoms with Gasteiger partial charge in [-0.2, -0.15) is 0 Å². The number of nitrogens with zero attached hydrogens (tertiary/aromatic N) is 1. The smallest absolute Gasteiger partial charge is 0.233 e. The van der Waals surface area contributed by atoms with Gasteiger partial charge in [-0.15, -0.1) is 11.3 Å². The topological polar surface area (TPSA) is 40.5 Å². The van der Waals surface area contributed by atoms with Crippen LogP contribution in [0, 0.1) is 0 Å². The third-order valence-electron chi connectivity index (χ3n) is 3.19. The Bertz CT molecular complexity index is 735. The minimum absolute atomic E-state index is 0.319. The van der Waals surface area contributed by atoms with Crippen molar-refractivity contribution < 1.29 is 10.0 Å². The van der Waals surface area contributed by atoms with Crippen LogP contribution < -0.4 is 0 Å². The molecule has 3 nitrogen and oxygen atoms in total. The summed E-state index contributed by atoms with van der Waals surface area (Å²) in [4.78, 5) is 10.3. The number of hydrogen-bond acceptors (Lipinski definition) is 3. The van der Waals surface area contributed by atoms with Crippen LogP contribution in [0.1, 0.15) is 5.56 Å². The maximum atomic E-state index is 10.3. The summed E-state index contributed by atoms with van der Waals surface area (Å²) < 4.78 is 2.53. The standard InChI is InChI=1S/C15H13NO2S/c17-10-16(18)8-7-11-5-6-13-12-3-1-2-4-14(12)19-15(13)9-11/h1-6,9-10,18H,7-8H2. The molecule has 1 N–H and O–H groups in total. The predicted octanol–water partition coefficient (Wildman–Crippen LogP) is 3.44. The van der Waals surface area contributed by atoms with Crippen molar-refractivity contribution >= 4 is 37.9 Å². The van der Waals surface area contributed by atoms with Gasteiger partial charge in [-0.25, -0.2) is 5.06 Å². The molecule has 0 saturated carbocycles. The lowest BCUT2D eigenvalue weighted by atomic mass is 10.1. The highest BCUT2D eigenvalue weighted by molar-refractivity contribution is 7.25. The summed E-state index contributed by atoms with van der Waals surface area (Å²) in [6.07, 6.45) is 1.08. The average Bonchev–Trinajstić information content (AvgIpc) is 2.82. The monoisotopic (exact) mass is 271 g/mol. The van der Waals surface area contributed by atoms with E-state index in [0.717, 1.165) is 5.56 Å². The van der Waals surface area contributed by atoms with E-state index in [9.17, 15) is 4.79 Å². The molecule has 0 radical (unpaired) electrons. The lowest BCUT2D eigenvalue weighted by molar-refractivity contribution is -0.149. The summed E-state index contributed by atoms with van der Waals surface area (Å²) in [5.41, 5.74) is 1.12. The molecule has 19 heavy (non-hydrogen) atoms. The number of amides is 1. The third-order valence-corrected chi connectivity index (χ3v) is 4.33. The molecule has 96 valence electrons. The van der Waals surface area contributed by atoms with E-state index in [1.165, 1.54) is 20.2 Å². The Labute approximate surface area is 114 Å². The maximum Gasteiger partial charge on any atom is 0.233 e. The zero-order valence-corrected chi connectivity index (χ0v) is 11.1. The second-order valence-corrected chi connectivity index (χ2v) is 5.53. The summed E-state index contributed by atoms with van der Waals surface area (Å²) in [5.74, 6) is 0. The highest BCUT2D eigenvalue weighted by Gasteiger charge is 2.05. The van der Waals surface area contributed by atoms with Gasteiger partial charge in [0.25, 0.3) is 0 Å². The van der Waals surface area contributed by atoms with E-state index >= 15 is 0 Å².